The standard InChI is InChI=1S/C6H10O5/c7-2-5-4(9)1-6(10,3-8)11-5/h3-5,7,9-10H,1-2H2. The van der Waals surface area contributed by atoms with Gasteiger partial charge in [0.25, 0.3) is 0 Å². The molecule has 0 aromatic rings. The van der Waals surface area contributed by atoms with E-state index in [0.29, 0.717) is 0 Å². The van der Waals surface area contributed by atoms with Crippen LogP contribution < -0.4 is 0 Å². The van der Waals surface area contributed by atoms with Gasteiger partial charge in [-0.25, -0.2) is 0 Å². The Bertz CT molecular complexity index is 159. The van der Waals surface area contributed by atoms with Crippen LogP contribution in [0.4, 0.5) is 0 Å². The van der Waals surface area contributed by atoms with Gasteiger partial charge in [0.2, 0.25) is 5.79 Å². The van der Waals surface area contributed by atoms with E-state index in [1.807, 2.05) is 0 Å². The quantitative estimate of drug-likeness (QED) is 0.409. The second-order valence-electron chi connectivity index (χ2n) is 2.57. The molecule has 5 heteroatoms. The normalized spacial score (nSPS) is 44.3. The van der Waals surface area contributed by atoms with Gasteiger partial charge in [0.15, 0.2) is 6.29 Å². The van der Waals surface area contributed by atoms with Crippen molar-refractivity contribution in [2.75, 3.05) is 6.61 Å². The van der Waals surface area contributed by atoms with Crippen LogP contribution in [-0.4, -0.2) is 46.2 Å². The molecule has 1 aliphatic rings. The second-order valence-corrected chi connectivity index (χ2v) is 2.57. The number of aldehydes is 1. The summed E-state index contributed by atoms with van der Waals surface area (Å²) in [4.78, 5) is 10.2. The minimum atomic E-state index is -1.91. The molecule has 0 aromatic heterocycles. The van der Waals surface area contributed by atoms with Crippen LogP contribution in [0.2, 0.25) is 0 Å². The molecule has 0 spiro atoms. The first kappa shape index (κ1) is 8.61. The van der Waals surface area contributed by atoms with Crippen molar-refractivity contribution in [2.45, 2.75) is 24.4 Å². The SMILES string of the molecule is O=CC1(O)CC(O)C(CO)O1. The largest absolute Gasteiger partial charge is 0.394 e. The summed E-state index contributed by atoms with van der Waals surface area (Å²) >= 11 is 0. The predicted octanol–water partition coefficient (Wildman–Crippen LogP) is -1.98. The molecule has 0 aliphatic carbocycles. The van der Waals surface area contributed by atoms with E-state index in [9.17, 15) is 4.79 Å². The molecule has 1 rings (SSSR count). The van der Waals surface area contributed by atoms with E-state index in [0.717, 1.165) is 0 Å². The summed E-state index contributed by atoms with van der Waals surface area (Å²) in [6.45, 7) is -0.405. The van der Waals surface area contributed by atoms with Crippen LogP contribution in [0.15, 0.2) is 0 Å². The molecule has 5 nitrogen and oxygen atoms in total. The lowest BCUT2D eigenvalue weighted by atomic mass is 10.1. The Hall–Kier alpha value is -0.490. The van der Waals surface area contributed by atoms with E-state index in [1.165, 1.54) is 0 Å². The van der Waals surface area contributed by atoms with E-state index in [-0.39, 0.29) is 12.7 Å². The van der Waals surface area contributed by atoms with Gasteiger partial charge in [-0.2, -0.15) is 0 Å². The molecule has 1 aliphatic heterocycles. The minimum Gasteiger partial charge on any atom is -0.394 e. The van der Waals surface area contributed by atoms with Gasteiger partial charge in [0.1, 0.15) is 6.10 Å². The van der Waals surface area contributed by atoms with Crippen molar-refractivity contribution in [3.8, 4) is 0 Å². The first-order valence-corrected chi connectivity index (χ1v) is 3.27. The minimum absolute atomic E-state index is 0.179. The molecule has 11 heavy (non-hydrogen) atoms. The zero-order chi connectivity index (χ0) is 8.48. The fraction of sp³-hybridized carbons (Fsp3) is 0.833. The van der Waals surface area contributed by atoms with E-state index in [1.54, 1.807) is 0 Å². The van der Waals surface area contributed by atoms with Crippen LogP contribution in [-0.2, 0) is 9.53 Å². The lowest BCUT2D eigenvalue weighted by Gasteiger charge is -2.14. The highest BCUT2D eigenvalue weighted by molar-refractivity contribution is 5.60. The van der Waals surface area contributed by atoms with Crippen molar-refractivity contribution in [3.63, 3.8) is 0 Å². The fourth-order valence-corrected chi connectivity index (χ4v) is 1.05. The summed E-state index contributed by atoms with van der Waals surface area (Å²) in [6.07, 6.45) is -1.80. The average molecular weight is 162 g/mol. The average Bonchev–Trinajstić information content (AvgIpc) is 2.27. The Morgan fingerprint density at radius 2 is 2.36 bits per heavy atom. The summed E-state index contributed by atoms with van der Waals surface area (Å²) in [7, 11) is 0. The van der Waals surface area contributed by atoms with Crippen molar-refractivity contribution in [3.05, 3.63) is 0 Å². The zero-order valence-electron chi connectivity index (χ0n) is 5.80. The Balaban J connectivity index is 2.62. The smallest absolute Gasteiger partial charge is 0.226 e. The molecule has 1 saturated heterocycles. The molecule has 3 N–H and O–H groups in total. The molecular weight excluding hydrogens is 152 g/mol. The number of aliphatic hydroxyl groups excluding tert-OH is 2. The predicted molar refractivity (Wildman–Crippen MR) is 33.6 cm³/mol. The summed E-state index contributed by atoms with van der Waals surface area (Å²) in [6, 6.07) is 0. The summed E-state index contributed by atoms with van der Waals surface area (Å²) in [5, 5.41) is 26.7. The molecular formula is C6H10O5. The highest BCUT2D eigenvalue weighted by atomic mass is 16.7. The molecule has 0 saturated carbocycles. The molecule has 0 amide bonds. The van der Waals surface area contributed by atoms with Gasteiger partial charge in [0.05, 0.1) is 12.7 Å². The first-order chi connectivity index (χ1) is 5.11. The number of rotatable bonds is 2. The van der Waals surface area contributed by atoms with Crippen molar-refractivity contribution in [1.82, 2.24) is 0 Å². The maximum absolute atomic E-state index is 10.2. The van der Waals surface area contributed by atoms with E-state index in [2.05, 4.69) is 4.74 Å². The van der Waals surface area contributed by atoms with Crippen LogP contribution in [0.3, 0.4) is 0 Å². The van der Waals surface area contributed by atoms with Gasteiger partial charge < -0.3 is 20.1 Å². The second kappa shape index (κ2) is 2.86. The number of hydrogen-bond acceptors (Lipinski definition) is 5. The van der Waals surface area contributed by atoms with Gasteiger partial charge in [-0.1, -0.05) is 0 Å². The maximum Gasteiger partial charge on any atom is 0.226 e. The molecule has 0 aromatic carbocycles. The van der Waals surface area contributed by atoms with Crippen LogP contribution in [0.25, 0.3) is 0 Å². The van der Waals surface area contributed by atoms with Crippen molar-refractivity contribution in [2.24, 2.45) is 0 Å². The Kier molecular flexibility index (Phi) is 2.24. The monoisotopic (exact) mass is 162 g/mol. The number of carbonyl (C=O) groups excluding carboxylic acids is 1. The Morgan fingerprint density at radius 3 is 2.64 bits per heavy atom. The number of ether oxygens (including phenoxy) is 1. The third kappa shape index (κ3) is 1.57. The molecule has 1 heterocycles. The van der Waals surface area contributed by atoms with E-state index < -0.39 is 24.6 Å². The molecule has 64 valence electrons. The molecule has 3 unspecified atom stereocenters. The third-order valence-electron chi connectivity index (χ3n) is 1.65. The molecule has 0 bridgehead atoms. The first-order valence-electron chi connectivity index (χ1n) is 3.27. The summed E-state index contributed by atoms with van der Waals surface area (Å²) in [5.41, 5.74) is 0. The van der Waals surface area contributed by atoms with Crippen molar-refractivity contribution >= 4 is 6.29 Å². The van der Waals surface area contributed by atoms with Crippen LogP contribution in [0, 0.1) is 0 Å². The van der Waals surface area contributed by atoms with E-state index in [4.69, 9.17) is 15.3 Å². The zero-order valence-corrected chi connectivity index (χ0v) is 5.80. The van der Waals surface area contributed by atoms with Crippen LogP contribution in [0.5, 0.6) is 0 Å². The lowest BCUT2D eigenvalue weighted by molar-refractivity contribution is -0.190. The van der Waals surface area contributed by atoms with Gasteiger partial charge >= 0.3 is 0 Å². The van der Waals surface area contributed by atoms with Gasteiger partial charge in [-0.05, 0) is 0 Å². The van der Waals surface area contributed by atoms with E-state index >= 15 is 0 Å². The summed E-state index contributed by atoms with van der Waals surface area (Å²) in [5.74, 6) is -1.91. The Labute approximate surface area is 63.2 Å². The molecule has 1 fully saturated rings. The van der Waals surface area contributed by atoms with Gasteiger partial charge in [-0.15, -0.1) is 0 Å². The van der Waals surface area contributed by atoms with Crippen LogP contribution >= 0.6 is 0 Å². The molecule has 3 atom stereocenters. The Morgan fingerprint density at radius 1 is 1.73 bits per heavy atom. The van der Waals surface area contributed by atoms with Gasteiger partial charge in [-0.3, -0.25) is 4.79 Å². The van der Waals surface area contributed by atoms with Crippen molar-refractivity contribution < 1.29 is 24.9 Å². The van der Waals surface area contributed by atoms with Crippen molar-refractivity contribution in [1.29, 1.82) is 0 Å². The highest BCUT2D eigenvalue weighted by Crippen LogP contribution is 2.26. The van der Waals surface area contributed by atoms with Gasteiger partial charge in [0, 0.05) is 6.42 Å². The summed E-state index contributed by atoms with van der Waals surface area (Å²) < 4.78 is 4.65. The third-order valence-corrected chi connectivity index (χ3v) is 1.65. The number of carbonyl (C=O) groups is 1. The number of hydrogen-bond donors (Lipinski definition) is 3. The topological polar surface area (TPSA) is 87.0 Å². The number of aliphatic hydroxyl groups is 3. The van der Waals surface area contributed by atoms with Crippen LogP contribution in [0.1, 0.15) is 6.42 Å². The molecule has 0 radical (unpaired) electrons. The fourth-order valence-electron chi connectivity index (χ4n) is 1.05. The highest BCUT2D eigenvalue weighted by Gasteiger charge is 2.44. The lowest BCUT2D eigenvalue weighted by Crippen LogP contribution is -2.31. The maximum atomic E-state index is 10.2.